The van der Waals surface area contributed by atoms with Crippen LogP contribution in [0, 0.1) is 24.4 Å². The second-order valence-electron chi connectivity index (χ2n) is 6.82. The maximum atomic E-state index is 14.6. The van der Waals surface area contributed by atoms with Crippen LogP contribution < -0.4 is 5.32 Å². The van der Waals surface area contributed by atoms with Crippen molar-refractivity contribution < 1.29 is 26.3 Å². The Labute approximate surface area is 169 Å². The van der Waals surface area contributed by atoms with Gasteiger partial charge in [-0.2, -0.15) is 13.2 Å². The minimum atomic E-state index is -4.76. The first-order valence-corrected chi connectivity index (χ1v) is 8.91. The van der Waals surface area contributed by atoms with Crippen LogP contribution in [0.3, 0.4) is 0 Å². The van der Waals surface area contributed by atoms with Gasteiger partial charge in [0.1, 0.15) is 17.5 Å². The summed E-state index contributed by atoms with van der Waals surface area (Å²) in [5.74, 6) is -2.26. The van der Waals surface area contributed by atoms with Gasteiger partial charge in [-0.3, -0.25) is 0 Å². The summed E-state index contributed by atoms with van der Waals surface area (Å²) in [5.41, 5.74) is -0.00820. The van der Waals surface area contributed by atoms with E-state index in [1.54, 1.807) is 19.1 Å². The van der Waals surface area contributed by atoms with E-state index in [9.17, 15) is 26.3 Å². The lowest BCUT2D eigenvalue weighted by Gasteiger charge is -2.15. The van der Waals surface area contributed by atoms with Gasteiger partial charge in [0.2, 0.25) is 0 Å². The lowest BCUT2D eigenvalue weighted by molar-refractivity contribution is -0.138. The van der Waals surface area contributed by atoms with Crippen molar-refractivity contribution in [1.82, 2.24) is 0 Å². The molecule has 0 spiro atoms. The number of hydrogen-bond acceptors (Lipinski definition) is 1. The summed E-state index contributed by atoms with van der Waals surface area (Å²) >= 11 is 0. The smallest absolute Gasteiger partial charge is 0.355 e. The maximum Gasteiger partial charge on any atom is 0.416 e. The lowest BCUT2D eigenvalue weighted by atomic mass is 9.98. The van der Waals surface area contributed by atoms with Crippen LogP contribution in [0.4, 0.5) is 32.0 Å². The van der Waals surface area contributed by atoms with Gasteiger partial charge in [0.25, 0.3) is 0 Å². The van der Waals surface area contributed by atoms with Crippen LogP contribution >= 0.6 is 0 Å². The monoisotopic (exact) mass is 421 g/mol. The fourth-order valence-corrected chi connectivity index (χ4v) is 3.19. The summed E-state index contributed by atoms with van der Waals surface area (Å²) < 4.78 is 81.3. The highest BCUT2D eigenvalue weighted by molar-refractivity contribution is 5.77. The minimum Gasteiger partial charge on any atom is -0.355 e. The Balaban J connectivity index is 1.84. The summed E-state index contributed by atoms with van der Waals surface area (Å²) in [4.78, 5) is 0. The molecule has 0 atom stereocenters. The van der Waals surface area contributed by atoms with E-state index in [1.807, 2.05) is 0 Å². The summed E-state index contributed by atoms with van der Waals surface area (Å²) in [6.07, 6.45) is -5.13. The number of halogens is 6. The Morgan fingerprint density at radius 1 is 0.900 bits per heavy atom. The highest BCUT2D eigenvalue weighted by Gasteiger charge is 2.33. The number of anilines is 1. The van der Waals surface area contributed by atoms with Crippen molar-refractivity contribution in [3.8, 4) is 0 Å². The van der Waals surface area contributed by atoms with Crippen molar-refractivity contribution in [2.24, 2.45) is 0 Å². The molecule has 3 aromatic carbocycles. The standard InChI is InChI=1S/C23H17F6N/c1-13-4-3-5-20(25)22(13)14(2)30-18-9-7-16(21(26)12-18)10-15-6-8-17(24)11-19(15)23(27,28)29/h3-9,11-12,30H,2,10H2,1H3. The van der Waals surface area contributed by atoms with E-state index in [4.69, 9.17) is 0 Å². The number of hydrogen-bond donors (Lipinski definition) is 1. The third kappa shape index (κ3) is 4.67. The van der Waals surface area contributed by atoms with Crippen LogP contribution in [0.2, 0.25) is 0 Å². The Kier molecular flexibility index (Phi) is 5.92. The number of aryl methyl sites for hydroxylation is 1. The normalized spacial score (nSPS) is 11.4. The van der Waals surface area contributed by atoms with Gasteiger partial charge < -0.3 is 5.32 Å². The summed E-state index contributed by atoms with van der Waals surface area (Å²) in [6.45, 7) is 5.48. The molecule has 0 unspecified atom stereocenters. The molecule has 1 nitrogen and oxygen atoms in total. The van der Waals surface area contributed by atoms with Crippen LogP contribution in [0.15, 0.2) is 61.2 Å². The topological polar surface area (TPSA) is 12.0 Å². The zero-order chi connectivity index (χ0) is 22.1. The van der Waals surface area contributed by atoms with Gasteiger partial charge >= 0.3 is 6.18 Å². The molecule has 3 aromatic rings. The molecule has 0 aliphatic rings. The van der Waals surface area contributed by atoms with Gasteiger partial charge in [0, 0.05) is 23.4 Å². The third-order valence-corrected chi connectivity index (χ3v) is 4.63. The summed E-state index contributed by atoms with van der Waals surface area (Å²) in [6, 6.07) is 10.7. The van der Waals surface area contributed by atoms with Crippen LogP contribution in [0.25, 0.3) is 5.70 Å². The number of nitrogens with one attached hydrogen (secondary N) is 1. The van der Waals surface area contributed by atoms with E-state index in [0.717, 1.165) is 18.2 Å². The molecule has 0 amide bonds. The molecule has 156 valence electrons. The van der Waals surface area contributed by atoms with Crippen molar-refractivity contribution in [3.63, 3.8) is 0 Å². The van der Waals surface area contributed by atoms with Crippen LogP contribution in [-0.2, 0) is 12.6 Å². The Morgan fingerprint density at radius 3 is 2.23 bits per heavy atom. The fraction of sp³-hybridized carbons (Fsp3) is 0.130. The van der Waals surface area contributed by atoms with E-state index < -0.39 is 29.2 Å². The molecular weight excluding hydrogens is 404 g/mol. The largest absolute Gasteiger partial charge is 0.416 e. The number of rotatable bonds is 5. The van der Waals surface area contributed by atoms with Crippen molar-refractivity contribution in [3.05, 3.63) is 106 Å². The average molecular weight is 421 g/mol. The van der Waals surface area contributed by atoms with Crippen molar-refractivity contribution in [2.75, 3.05) is 5.32 Å². The highest BCUT2D eigenvalue weighted by atomic mass is 19.4. The SMILES string of the molecule is C=C(Nc1ccc(Cc2ccc(F)cc2C(F)(F)F)c(F)c1)c1c(C)cccc1F. The number of benzene rings is 3. The molecule has 0 heterocycles. The van der Waals surface area contributed by atoms with Gasteiger partial charge in [-0.15, -0.1) is 0 Å². The van der Waals surface area contributed by atoms with Crippen LogP contribution in [0.1, 0.15) is 27.8 Å². The molecule has 3 rings (SSSR count). The molecule has 0 saturated heterocycles. The Hall–Kier alpha value is -3.22. The third-order valence-electron chi connectivity index (χ3n) is 4.63. The molecule has 0 saturated carbocycles. The average Bonchev–Trinajstić information content (AvgIpc) is 2.64. The lowest BCUT2D eigenvalue weighted by Crippen LogP contribution is -2.10. The molecule has 30 heavy (non-hydrogen) atoms. The van der Waals surface area contributed by atoms with E-state index >= 15 is 0 Å². The summed E-state index contributed by atoms with van der Waals surface area (Å²) in [7, 11) is 0. The second kappa shape index (κ2) is 8.26. The first kappa shape index (κ1) is 21.5. The van der Waals surface area contributed by atoms with Gasteiger partial charge in [-0.05, 0) is 53.9 Å². The molecule has 0 radical (unpaired) electrons. The fourth-order valence-electron chi connectivity index (χ4n) is 3.19. The zero-order valence-electron chi connectivity index (χ0n) is 15.9. The van der Waals surface area contributed by atoms with Crippen molar-refractivity contribution >= 4 is 11.4 Å². The number of alkyl halides is 3. The van der Waals surface area contributed by atoms with Crippen molar-refractivity contribution in [1.29, 1.82) is 0 Å². The molecule has 1 N–H and O–H groups in total. The van der Waals surface area contributed by atoms with Gasteiger partial charge in [0.05, 0.1) is 5.56 Å². The molecule has 0 aliphatic carbocycles. The minimum absolute atomic E-state index is 0.00495. The molecule has 0 aliphatic heterocycles. The van der Waals surface area contributed by atoms with Gasteiger partial charge in [0.15, 0.2) is 0 Å². The predicted octanol–water partition coefficient (Wildman–Crippen LogP) is 7.10. The summed E-state index contributed by atoms with van der Waals surface area (Å²) in [5, 5.41) is 2.81. The van der Waals surface area contributed by atoms with Crippen LogP contribution in [-0.4, -0.2) is 0 Å². The first-order chi connectivity index (χ1) is 14.1. The highest BCUT2D eigenvalue weighted by Crippen LogP contribution is 2.34. The second-order valence-corrected chi connectivity index (χ2v) is 6.82. The van der Waals surface area contributed by atoms with E-state index in [0.29, 0.717) is 11.6 Å². The molecule has 0 aromatic heterocycles. The Morgan fingerprint density at radius 2 is 1.60 bits per heavy atom. The quantitative estimate of drug-likeness (QED) is 0.433. The first-order valence-electron chi connectivity index (χ1n) is 8.91. The van der Waals surface area contributed by atoms with Gasteiger partial charge in [-0.1, -0.05) is 30.8 Å². The van der Waals surface area contributed by atoms with E-state index in [2.05, 4.69) is 11.9 Å². The van der Waals surface area contributed by atoms with Crippen molar-refractivity contribution in [2.45, 2.75) is 19.5 Å². The molecular formula is C23H17F6N. The van der Waals surface area contributed by atoms with Gasteiger partial charge in [-0.25, -0.2) is 13.2 Å². The zero-order valence-corrected chi connectivity index (χ0v) is 15.9. The molecule has 0 bridgehead atoms. The van der Waals surface area contributed by atoms with E-state index in [1.165, 1.54) is 18.2 Å². The molecule has 0 fully saturated rings. The Bertz CT molecular complexity index is 1080. The maximum absolute atomic E-state index is 14.6. The molecule has 7 heteroatoms. The predicted molar refractivity (Wildman–Crippen MR) is 104 cm³/mol. The van der Waals surface area contributed by atoms with Crippen LogP contribution in [0.5, 0.6) is 0 Å². The van der Waals surface area contributed by atoms with E-state index in [-0.39, 0.29) is 34.5 Å².